The zero-order valence-corrected chi connectivity index (χ0v) is 12.8. The van der Waals surface area contributed by atoms with Crippen LogP contribution in [-0.2, 0) is 0 Å². The van der Waals surface area contributed by atoms with Crippen molar-refractivity contribution < 1.29 is 62.4 Å². The van der Waals surface area contributed by atoms with E-state index in [9.17, 15) is 4.79 Å². The van der Waals surface area contributed by atoms with Crippen molar-refractivity contribution >= 4 is 35.7 Å². The summed E-state index contributed by atoms with van der Waals surface area (Å²) in [4.78, 5) is 19.2. The molecule has 0 aliphatic rings. The van der Waals surface area contributed by atoms with Gasteiger partial charge in [-0.2, -0.15) is 0 Å². The zero-order valence-electron chi connectivity index (χ0n) is 8.91. The van der Waals surface area contributed by atoms with Gasteiger partial charge >= 0.3 is 51.4 Å². The number of rotatable bonds is 3. The van der Waals surface area contributed by atoms with Gasteiger partial charge in [0.15, 0.2) is 0 Å². The Labute approximate surface area is 134 Å². The summed E-state index contributed by atoms with van der Waals surface area (Å²) in [7, 11) is 0. The van der Waals surface area contributed by atoms with Crippen LogP contribution in [0.15, 0.2) is 0 Å². The molecular weight excluding hydrogens is 235 g/mol. The molecule has 3 N–H and O–H groups in total. The number of carbonyl (C=O) groups is 2. The number of primary amides is 1. The van der Waals surface area contributed by atoms with Crippen LogP contribution in [0.5, 0.6) is 0 Å². The average Bonchev–Trinajstić information content (AvgIpc) is 1.86. The molecule has 0 saturated carbocycles. The number of hydrogen-bond acceptors (Lipinski definition) is 2. The van der Waals surface area contributed by atoms with Crippen LogP contribution in [0.1, 0.15) is 21.2 Å². The number of nitrogens with two attached hydrogens (primary N) is 1. The predicted octanol–water partition coefficient (Wildman–Crippen LogP) is -1.46. The molecular formula is C6H15KN2O2S2. The van der Waals surface area contributed by atoms with Crippen molar-refractivity contribution in [1.82, 2.24) is 5.32 Å². The zero-order chi connectivity index (χ0) is 9.98. The van der Waals surface area contributed by atoms with Gasteiger partial charge in [0.25, 0.3) is 10.5 Å². The van der Waals surface area contributed by atoms with Gasteiger partial charge < -0.3 is 12.5 Å². The van der Waals surface area contributed by atoms with E-state index in [4.69, 9.17) is 4.79 Å². The number of amides is 2. The van der Waals surface area contributed by atoms with Crippen molar-refractivity contribution in [2.75, 3.05) is 6.54 Å². The van der Waals surface area contributed by atoms with E-state index in [1.54, 1.807) is 0 Å². The topological polar surface area (TPSA) is 72.2 Å². The summed E-state index contributed by atoms with van der Waals surface area (Å²) in [6.07, 6.45) is 2.14. The Morgan fingerprint density at radius 2 is 1.85 bits per heavy atom. The third-order valence-electron chi connectivity index (χ3n) is 0.807. The van der Waals surface area contributed by atoms with Crippen molar-refractivity contribution in [2.45, 2.75) is 19.8 Å². The Balaban J connectivity index is -0.0000000733. The van der Waals surface area contributed by atoms with Crippen LogP contribution in [0.25, 0.3) is 0 Å². The standard InChI is InChI=1S/C5H11NOS.CH3NOS.K.H/c1-2-3-4-6-5(7)8;2-1(3)4;;/h2-4H2,1H3,(H2,6,7,8);(H3,2,3,4);;/q;;+1;-1. The average molecular weight is 250 g/mol. The smallest absolute Gasteiger partial charge is 1.00 e. The molecule has 0 heterocycles. The number of thiol groups is 2. The molecule has 0 aliphatic heterocycles. The van der Waals surface area contributed by atoms with Gasteiger partial charge in [0, 0.05) is 6.54 Å². The first-order valence-electron chi connectivity index (χ1n) is 3.45. The Kier molecular flexibility index (Phi) is 24.0. The maximum atomic E-state index is 10.1. The van der Waals surface area contributed by atoms with Gasteiger partial charge in [-0.1, -0.05) is 38.6 Å². The molecule has 0 unspecified atom stereocenters. The normalized spacial score (nSPS) is 7.31. The molecule has 7 heteroatoms. The molecule has 0 bridgehead atoms. The molecule has 0 atom stereocenters. The fourth-order valence-corrected chi connectivity index (χ4v) is 0.484. The van der Waals surface area contributed by atoms with Gasteiger partial charge in [-0.3, -0.25) is 9.59 Å². The fraction of sp³-hybridized carbons (Fsp3) is 0.667. The molecule has 0 fully saturated rings. The molecule has 13 heavy (non-hydrogen) atoms. The molecule has 0 rings (SSSR count). The Morgan fingerprint density at radius 1 is 1.46 bits per heavy atom. The van der Waals surface area contributed by atoms with Gasteiger partial charge in [-0.25, -0.2) is 0 Å². The molecule has 0 aromatic heterocycles. The van der Waals surface area contributed by atoms with E-state index in [-0.39, 0.29) is 58.1 Å². The fourth-order valence-electron chi connectivity index (χ4n) is 0.372. The Bertz CT molecular complexity index is 148. The second-order valence-corrected chi connectivity index (χ2v) is 2.77. The minimum Gasteiger partial charge on any atom is -1.00 e. The number of nitrogens with one attached hydrogen (secondary N) is 1. The second-order valence-electron chi connectivity index (χ2n) is 1.92. The van der Waals surface area contributed by atoms with E-state index in [1.807, 2.05) is 0 Å². The van der Waals surface area contributed by atoms with E-state index in [2.05, 4.69) is 43.2 Å². The van der Waals surface area contributed by atoms with Crippen LogP contribution in [-0.4, -0.2) is 17.0 Å². The van der Waals surface area contributed by atoms with Crippen LogP contribution < -0.4 is 62.4 Å². The Hall–Kier alpha value is 1.28. The molecule has 74 valence electrons. The largest absolute Gasteiger partial charge is 1.00 e. The third kappa shape index (κ3) is 42.9. The third-order valence-corrected chi connectivity index (χ3v) is 0.965. The summed E-state index contributed by atoms with van der Waals surface area (Å²) < 4.78 is 0. The minimum absolute atomic E-state index is 0. The maximum Gasteiger partial charge on any atom is 1.00 e. The van der Waals surface area contributed by atoms with Crippen LogP contribution in [0.2, 0.25) is 0 Å². The SMILES string of the molecule is CCCCNC(=O)S.NC(=O)S.[H-].[K+]. The quantitative estimate of drug-likeness (QED) is 0.281. The van der Waals surface area contributed by atoms with E-state index in [0.29, 0.717) is 0 Å². The summed E-state index contributed by atoms with van der Waals surface area (Å²) >= 11 is 6.63. The maximum absolute atomic E-state index is 10.1. The molecule has 4 nitrogen and oxygen atoms in total. The van der Waals surface area contributed by atoms with Crippen molar-refractivity contribution in [3.63, 3.8) is 0 Å². The van der Waals surface area contributed by atoms with Crippen LogP contribution in [0, 0.1) is 0 Å². The number of carbonyl (C=O) groups excluding carboxylic acids is 2. The molecule has 0 aromatic rings. The minimum atomic E-state index is -0.639. The molecule has 0 aliphatic carbocycles. The molecule has 0 spiro atoms. The van der Waals surface area contributed by atoms with Gasteiger partial charge in [-0.15, -0.1) is 0 Å². The molecule has 0 aromatic carbocycles. The van der Waals surface area contributed by atoms with Crippen molar-refractivity contribution in [3.8, 4) is 0 Å². The summed E-state index contributed by atoms with van der Waals surface area (Å²) in [5, 5.41) is 1.70. The number of hydrogen-bond donors (Lipinski definition) is 4. The summed E-state index contributed by atoms with van der Waals surface area (Å²) in [6.45, 7) is 2.82. The van der Waals surface area contributed by atoms with E-state index in [0.717, 1.165) is 19.4 Å². The summed E-state index contributed by atoms with van der Waals surface area (Å²) in [6, 6.07) is 0. The first-order valence-corrected chi connectivity index (χ1v) is 4.35. The number of unbranched alkanes of at least 4 members (excludes halogenated alkanes) is 1. The van der Waals surface area contributed by atoms with E-state index < -0.39 is 5.24 Å². The summed E-state index contributed by atoms with van der Waals surface area (Å²) in [5.41, 5.74) is 4.34. The van der Waals surface area contributed by atoms with Gasteiger partial charge in [-0.05, 0) is 6.42 Å². The van der Waals surface area contributed by atoms with Crippen LogP contribution in [0.4, 0.5) is 9.59 Å². The van der Waals surface area contributed by atoms with Gasteiger partial charge in [0.05, 0.1) is 0 Å². The summed E-state index contributed by atoms with van der Waals surface area (Å²) in [5.74, 6) is 0. The molecule has 0 saturated heterocycles. The molecule has 0 radical (unpaired) electrons. The molecule has 2 amide bonds. The van der Waals surface area contributed by atoms with Crippen molar-refractivity contribution in [2.24, 2.45) is 5.73 Å². The van der Waals surface area contributed by atoms with Gasteiger partial charge in [0.2, 0.25) is 0 Å². The predicted molar refractivity (Wildman–Crippen MR) is 57.0 cm³/mol. The second kappa shape index (κ2) is 15.7. The monoisotopic (exact) mass is 250 g/mol. The van der Waals surface area contributed by atoms with Crippen LogP contribution >= 0.6 is 25.3 Å². The first kappa shape index (κ1) is 19.8. The van der Waals surface area contributed by atoms with Crippen LogP contribution in [0.3, 0.4) is 0 Å². The van der Waals surface area contributed by atoms with Crippen molar-refractivity contribution in [3.05, 3.63) is 0 Å². The first-order chi connectivity index (χ1) is 5.50. The van der Waals surface area contributed by atoms with Crippen molar-refractivity contribution in [1.29, 1.82) is 0 Å². The van der Waals surface area contributed by atoms with E-state index >= 15 is 0 Å². The van der Waals surface area contributed by atoms with Gasteiger partial charge in [0.1, 0.15) is 0 Å². The van der Waals surface area contributed by atoms with E-state index in [1.165, 1.54) is 0 Å². The Morgan fingerprint density at radius 3 is 2.08 bits per heavy atom.